The molecule has 2 heterocycles. The Morgan fingerprint density at radius 3 is 3.00 bits per heavy atom. The molecule has 0 fully saturated rings. The molecule has 0 aliphatic heterocycles. The van der Waals surface area contributed by atoms with E-state index in [0.717, 1.165) is 11.9 Å². The van der Waals surface area contributed by atoms with Gasteiger partial charge in [-0.3, -0.25) is 4.98 Å². The van der Waals surface area contributed by atoms with Gasteiger partial charge in [-0.25, -0.2) is 4.52 Å². The van der Waals surface area contributed by atoms with Gasteiger partial charge >= 0.3 is 0 Å². The molecule has 13 heavy (non-hydrogen) atoms. The average molecular weight is 175 g/mol. The van der Waals surface area contributed by atoms with Gasteiger partial charge in [-0.05, 0) is 18.4 Å². The quantitative estimate of drug-likeness (QED) is 0.698. The number of hydrogen-bond acceptors (Lipinski definition) is 2. The Morgan fingerprint density at radius 1 is 1.38 bits per heavy atom. The Bertz CT molecular complexity index is 403. The van der Waals surface area contributed by atoms with Crippen molar-refractivity contribution < 1.29 is 0 Å². The predicted molar refractivity (Wildman–Crippen MR) is 51.5 cm³/mol. The first-order valence-electron chi connectivity index (χ1n) is 4.54. The minimum absolute atomic E-state index is 0.636. The average Bonchev–Trinajstić information content (AvgIpc) is 2.51. The van der Waals surface area contributed by atoms with Crippen LogP contribution in [0.4, 0.5) is 0 Å². The molecule has 3 nitrogen and oxygen atoms in total. The van der Waals surface area contributed by atoms with Crippen molar-refractivity contribution in [1.82, 2.24) is 14.6 Å². The monoisotopic (exact) mass is 175 g/mol. The van der Waals surface area contributed by atoms with Crippen molar-refractivity contribution in [2.75, 3.05) is 0 Å². The van der Waals surface area contributed by atoms with Gasteiger partial charge < -0.3 is 0 Å². The van der Waals surface area contributed by atoms with Gasteiger partial charge in [0.2, 0.25) is 0 Å². The van der Waals surface area contributed by atoms with Gasteiger partial charge in [0.1, 0.15) is 0 Å². The summed E-state index contributed by atoms with van der Waals surface area (Å²) >= 11 is 0. The van der Waals surface area contributed by atoms with Gasteiger partial charge in [0, 0.05) is 6.20 Å². The van der Waals surface area contributed by atoms with Gasteiger partial charge in [-0.1, -0.05) is 13.8 Å². The van der Waals surface area contributed by atoms with Gasteiger partial charge in [-0.15, -0.1) is 0 Å². The SMILES string of the molecule is CC(C)Cc1cncc2ccnn12. The molecule has 2 aromatic heterocycles. The topological polar surface area (TPSA) is 30.2 Å². The van der Waals surface area contributed by atoms with E-state index < -0.39 is 0 Å². The molecule has 0 aromatic carbocycles. The molecule has 0 radical (unpaired) electrons. The summed E-state index contributed by atoms with van der Waals surface area (Å²) in [5.41, 5.74) is 2.25. The van der Waals surface area contributed by atoms with Crippen LogP contribution in [-0.2, 0) is 6.42 Å². The van der Waals surface area contributed by atoms with Crippen LogP contribution in [0.15, 0.2) is 24.7 Å². The summed E-state index contributed by atoms with van der Waals surface area (Å²) in [4.78, 5) is 4.18. The zero-order valence-corrected chi connectivity index (χ0v) is 7.94. The van der Waals surface area contributed by atoms with Gasteiger partial charge in [0.05, 0.1) is 23.6 Å². The summed E-state index contributed by atoms with van der Waals surface area (Å²) in [5, 5.41) is 4.25. The summed E-state index contributed by atoms with van der Waals surface area (Å²) < 4.78 is 1.95. The van der Waals surface area contributed by atoms with Crippen molar-refractivity contribution in [1.29, 1.82) is 0 Å². The minimum Gasteiger partial charge on any atom is -0.261 e. The van der Waals surface area contributed by atoms with E-state index in [4.69, 9.17) is 0 Å². The molecule has 0 saturated heterocycles. The van der Waals surface area contributed by atoms with Gasteiger partial charge in [0.25, 0.3) is 0 Å². The van der Waals surface area contributed by atoms with Crippen molar-refractivity contribution in [3.05, 3.63) is 30.4 Å². The molecule has 0 amide bonds. The molecule has 0 atom stereocenters. The smallest absolute Gasteiger partial charge is 0.0848 e. The summed E-state index contributed by atoms with van der Waals surface area (Å²) in [5.74, 6) is 0.636. The Kier molecular flexibility index (Phi) is 2.00. The summed E-state index contributed by atoms with van der Waals surface area (Å²) in [6, 6.07) is 1.97. The molecule has 3 heteroatoms. The second kappa shape index (κ2) is 3.17. The molecule has 0 spiro atoms. The molecule has 68 valence electrons. The third-order valence-electron chi connectivity index (χ3n) is 1.99. The van der Waals surface area contributed by atoms with E-state index in [1.165, 1.54) is 5.69 Å². The second-order valence-electron chi connectivity index (χ2n) is 3.66. The van der Waals surface area contributed by atoms with Crippen LogP contribution in [0.5, 0.6) is 0 Å². The molecule has 0 unspecified atom stereocenters. The van der Waals surface area contributed by atoms with Crippen LogP contribution in [0, 0.1) is 5.92 Å². The molecule has 2 aromatic rings. The maximum atomic E-state index is 4.25. The van der Waals surface area contributed by atoms with E-state index in [0.29, 0.717) is 5.92 Å². The fourth-order valence-electron chi connectivity index (χ4n) is 1.46. The lowest BCUT2D eigenvalue weighted by Crippen LogP contribution is -2.03. The molecule has 0 bridgehead atoms. The number of fused-ring (bicyclic) bond motifs is 1. The van der Waals surface area contributed by atoms with Gasteiger partial charge in [0.15, 0.2) is 0 Å². The maximum absolute atomic E-state index is 4.25. The van der Waals surface area contributed by atoms with Crippen LogP contribution in [0.2, 0.25) is 0 Å². The highest BCUT2D eigenvalue weighted by Gasteiger charge is 2.03. The standard InChI is InChI=1S/C10H13N3/c1-8(2)5-10-7-11-6-9-3-4-12-13(9)10/h3-4,6-8H,5H2,1-2H3. The van der Waals surface area contributed by atoms with Crippen molar-refractivity contribution in [2.45, 2.75) is 20.3 Å². The highest BCUT2D eigenvalue weighted by atomic mass is 15.2. The van der Waals surface area contributed by atoms with Crippen molar-refractivity contribution in [2.24, 2.45) is 5.92 Å². The zero-order valence-electron chi connectivity index (χ0n) is 7.94. The first kappa shape index (κ1) is 8.23. The second-order valence-corrected chi connectivity index (χ2v) is 3.66. The first-order chi connectivity index (χ1) is 6.27. The largest absolute Gasteiger partial charge is 0.261 e. The van der Waals surface area contributed by atoms with E-state index >= 15 is 0 Å². The summed E-state index contributed by atoms with van der Waals surface area (Å²) in [6.45, 7) is 4.39. The van der Waals surface area contributed by atoms with Crippen LogP contribution in [0.3, 0.4) is 0 Å². The fourth-order valence-corrected chi connectivity index (χ4v) is 1.46. The fraction of sp³-hybridized carbons (Fsp3) is 0.400. The Balaban J connectivity index is 2.48. The van der Waals surface area contributed by atoms with Crippen LogP contribution in [0.1, 0.15) is 19.5 Å². The lowest BCUT2D eigenvalue weighted by molar-refractivity contribution is 0.618. The number of aromatic nitrogens is 3. The van der Waals surface area contributed by atoms with Gasteiger partial charge in [-0.2, -0.15) is 5.10 Å². The van der Waals surface area contributed by atoms with E-state index in [1.54, 1.807) is 6.20 Å². The Morgan fingerprint density at radius 2 is 2.23 bits per heavy atom. The van der Waals surface area contributed by atoms with Crippen LogP contribution < -0.4 is 0 Å². The minimum atomic E-state index is 0.636. The molecular weight excluding hydrogens is 162 g/mol. The molecular formula is C10H13N3. The van der Waals surface area contributed by atoms with E-state index in [1.807, 2.05) is 23.0 Å². The summed E-state index contributed by atoms with van der Waals surface area (Å²) in [6.07, 6.45) is 6.55. The van der Waals surface area contributed by atoms with E-state index in [9.17, 15) is 0 Å². The zero-order chi connectivity index (χ0) is 9.26. The molecule has 2 rings (SSSR count). The normalized spacial score (nSPS) is 11.3. The number of rotatable bonds is 2. The highest BCUT2D eigenvalue weighted by Crippen LogP contribution is 2.08. The third kappa shape index (κ3) is 1.54. The Labute approximate surface area is 77.4 Å². The Hall–Kier alpha value is -1.38. The molecule has 0 N–H and O–H groups in total. The summed E-state index contributed by atoms with van der Waals surface area (Å²) in [7, 11) is 0. The number of hydrogen-bond donors (Lipinski definition) is 0. The maximum Gasteiger partial charge on any atom is 0.0848 e. The lowest BCUT2D eigenvalue weighted by Gasteiger charge is -2.05. The number of nitrogens with zero attached hydrogens (tertiary/aromatic N) is 3. The van der Waals surface area contributed by atoms with Crippen LogP contribution in [-0.4, -0.2) is 14.6 Å². The van der Waals surface area contributed by atoms with Crippen molar-refractivity contribution >= 4 is 5.52 Å². The molecule has 0 aliphatic carbocycles. The van der Waals surface area contributed by atoms with Crippen molar-refractivity contribution in [3.63, 3.8) is 0 Å². The third-order valence-corrected chi connectivity index (χ3v) is 1.99. The highest BCUT2D eigenvalue weighted by molar-refractivity contribution is 5.43. The molecule has 0 aliphatic rings. The predicted octanol–water partition coefficient (Wildman–Crippen LogP) is 1.93. The van der Waals surface area contributed by atoms with Crippen LogP contribution in [0.25, 0.3) is 5.52 Å². The van der Waals surface area contributed by atoms with Crippen molar-refractivity contribution in [3.8, 4) is 0 Å². The van der Waals surface area contributed by atoms with E-state index in [2.05, 4.69) is 23.9 Å². The lowest BCUT2D eigenvalue weighted by atomic mass is 10.1. The molecule has 0 saturated carbocycles. The first-order valence-corrected chi connectivity index (χ1v) is 4.54. The van der Waals surface area contributed by atoms with Crippen LogP contribution >= 0.6 is 0 Å². The van der Waals surface area contributed by atoms with E-state index in [-0.39, 0.29) is 0 Å².